The van der Waals surface area contributed by atoms with E-state index < -0.39 is 0 Å². The molecule has 0 spiro atoms. The van der Waals surface area contributed by atoms with Crippen LogP contribution in [0.2, 0.25) is 5.02 Å². The van der Waals surface area contributed by atoms with Gasteiger partial charge >= 0.3 is 0 Å². The average Bonchev–Trinajstić information content (AvgIpc) is 2.49. The zero-order valence-corrected chi connectivity index (χ0v) is 12.4. The lowest BCUT2D eigenvalue weighted by Gasteiger charge is -2.26. The van der Waals surface area contributed by atoms with Crippen molar-refractivity contribution in [2.75, 3.05) is 5.75 Å². The Bertz CT molecular complexity index is 630. The second kappa shape index (κ2) is 5.90. The van der Waals surface area contributed by atoms with Crippen molar-refractivity contribution in [3.05, 3.63) is 64.7 Å². The highest BCUT2D eigenvalue weighted by Gasteiger charge is 2.22. The van der Waals surface area contributed by atoms with Crippen LogP contribution < -0.4 is 5.32 Å². The molecule has 1 heterocycles. The van der Waals surface area contributed by atoms with Gasteiger partial charge in [-0.2, -0.15) is 0 Å². The third kappa shape index (κ3) is 2.84. The maximum absolute atomic E-state index is 12.3. The number of carbonyl (C=O) groups is 1. The molecule has 2 aromatic rings. The lowest BCUT2D eigenvalue weighted by Crippen LogP contribution is -2.30. The summed E-state index contributed by atoms with van der Waals surface area (Å²) in [5.41, 5.74) is 1.81. The predicted octanol–water partition coefficient (Wildman–Crippen LogP) is 4.31. The summed E-state index contributed by atoms with van der Waals surface area (Å²) in [5.74, 6) is 0.974. The van der Waals surface area contributed by atoms with E-state index in [0.717, 1.165) is 17.7 Å². The molecule has 4 heteroatoms. The summed E-state index contributed by atoms with van der Waals surface area (Å²) in [6.07, 6.45) is 0.927. The number of amides is 1. The SMILES string of the molecule is O=C(NC1CCSc2ccc(Cl)cc21)c1ccccc1. The minimum atomic E-state index is -0.0339. The number of halogens is 1. The van der Waals surface area contributed by atoms with Gasteiger partial charge in [-0.3, -0.25) is 4.79 Å². The molecule has 2 aromatic carbocycles. The van der Waals surface area contributed by atoms with Crippen LogP contribution in [0.3, 0.4) is 0 Å². The van der Waals surface area contributed by atoms with E-state index in [4.69, 9.17) is 11.6 Å². The maximum atomic E-state index is 12.3. The molecule has 1 atom stereocenters. The minimum absolute atomic E-state index is 0.0339. The summed E-state index contributed by atoms with van der Waals surface area (Å²) in [6.45, 7) is 0. The fraction of sp³-hybridized carbons (Fsp3) is 0.188. The maximum Gasteiger partial charge on any atom is 0.251 e. The standard InChI is InChI=1S/C16H14ClNOS/c17-12-6-7-15-13(10-12)14(8-9-20-15)18-16(19)11-4-2-1-3-5-11/h1-7,10,14H,8-9H2,(H,18,19). The Morgan fingerprint density at radius 3 is 2.80 bits per heavy atom. The summed E-state index contributed by atoms with van der Waals surface area (Å²) >= 11 is 7.89. The van der Waals surface area contributed by atoms with Crippen molar-refractivity contribution in [1.82, 2.24) is 5.32 Å². The molecule has 0 aliphatic carbocycles. The normalized spacial score (nSPS) is 17.4. The third-order valence-electron chi connectivity index (χ3n) is 3.35. The summed E-state index contributed by atoms with van der Waals surface area (Å²) in [5, 5.41) is 3.82. The zero-order valence-electron chi connectivity index (χ0n) is 10.8. The molecule has 0 saturated heterocycles. The molecule has 0 saturated carbocycles. The first-order valence-corrected chi connectivity index (χ1v) is 7.88. The molecule has 2 nitrogen and oxygen atoms in total. The molecule has 1 unspecified atom stereocenters. The molecular weight excluding hydrogens is 290 g/mol. The summed E-state index contributed by atoms with van der Waals surface area (Å²) in [7, 11) is 0. The van der Waals surface area contributed by atoms with Crippen LogP contribution in [0.25, 0.3) is 0 Å². The largest absolute Gasteiger partial charge is 0.345 e. The monoisotopic (exact) mass is 303 g/mol. The van der Waals surface area contributed by atoms with E-state index in [9.17, 15) is 4.79 Å². The van der Waals surface area contributed by atoms with Gasteiger partial charge < -0.3 is 5.32 Å². The van der Waals surface area contributed by atoms with Crippen molar-refractivity contribution in [3.8, 4) is 0 Å². The molecule has 1 N–H and O–H groups in total. The lowest BCUT2D eigenvalue weighted by atomic mass is 10.0. The summed E-state index contributed by atoms with van der Waals surface area (Å²) < 4.78 is 0. The number of thioether (sulfide) groups is 1. The van der Waals surface area contributed by atoms with Gasteiger partial charge in [-0.05, 0) is 42.3 Å². The highest BCUT2D eigenvalue weighted by Crippen LogP contribution is 2.37. The summed E-state index contributed by atoms with van der Waals surface area (Å²) in [4.78, 5) is 13.5. The Labute approximate surface area is 127 Å². The molecule has 102 valence electrons. The van der Waals surface area contributed by atoms with Crippen molar-refractivity contribution >= 4 is 29.3 Å². The number of rotatable bonds is 2. The Kier molecular flexibility index (Phi) is 3.99. The van der Waals surface area contributed by atoms with Crippen molar-refractivity contribution in [2.45, 2.75) is 17.4 Å². The van der Waals surface area contributed by atoms with Gasteiger partial charge in [0.25, 0.3) is 5.91 Å². The van der Waals surface area contributed by atoms with Crippen LogP contribution in [-0.2, 0) is 0 Å². The molecule has 0 bridgehead atoms. The van der Waals surface area contributed by atoms with Crippen LogP contribution in [0, 0.1) is 0 Å². The molecular formula is C16H14ClNOS. The van der Waals surface area contributed by atoms with Gasteiger partial charge in [0.05, 0.1) is 6.04 Å². The van der Waals surface area contributed by atoms with E-state index in [1.807, 2.05) is 60.3 Å². The van der Waals surface area contributed by atoms with Crippen LogP contribution in [-0.4, -0.2) is 11.7 Å². The zero-order chi connectivity index (χ0) is 13.9. The second-order valence-corrected chi connectivity index (χ2v) is 6.28. The van der Waals surface area contributed by atoms with Gasteiger partial charge in [-0.1, -0.05) is 29.8 Å². The Morgan fingerprint density at radius 2 is 2.00 bits per heavy atom. The van der Waals surface area contributed by atoms with E-state index in [2.05, 4.69) is 5.32 Å². The Morgan fingerprint density at radius 1 is 1.20 bits per heavy atom. The van der Waals surface area contributed by atoms with Crippen LogP contribution in [0.1, 0.15) is 28.4 Å². The van der Waals surface area contributed by atoms with Gasteiger partial charge in [-0.25, -0.2) is 0 Å². The number of benzene rings is 2. The average molecular weight is 304 g/mol. The van der Waals surface area contributed by atoms with E-state index in [1.54, 1.807) is 0 Å². The molecule has 0 radical (unpaired) electrons. The number of nitrogens with one attached hydrogen (secondary N) is 1. The molecule has 1 amide bonds. The first-order valence-electron chi connectivity index (χ1n) is 6.52. The first kappa shape index (κ1) is 13.5. The number of hydrogen-bond donors (Lipinski definition) is 1. The fourth-order valence-electron chi connectivity index (χ4n) is 2.35. The van der Waals surface area contributed by atoms with E-state index >= 15 is 0 Å². The highest BCUT2D eigenvalue weighted by atomic mass is 35.5. The van der Waals surface area contributed by atoms with Crippen molar-refractivity contribution in [1.29, 1.82) is 0 Å². The number of fused-ring (bicyclic) bond motifs is 1. The molecule has 1 aliphatic rings. The predicted molar refractivity (Wildman–Crippen MR) is 83.4 cm³/mol. The molecule has 20 heavy (non-hydrogen) atoms. The first-order chi connectivity index (χ1) is 9.74. The van der Waals surface area contributed by atoms with Crippen LogP contribution in [0.5, 0.6) is 0 Å². The van der Waals surface area contributed by atoms with Gasteiger partial charge in [0, 0.05) is 21.2 Å². The lowest BCUT2D eigenvalue weighted by molar-refractivity contribution is 0.0935. The molecule has 0 aromatic heterocycles. The quantitative estimate of drug-likeness (QED) is 0.896. The fourth-order valence-corrected chi connectivity index (χ4v) is 3.63. The van der Waals surface area contributed by atoms with Crippen LogP contribution in [0.15, 0.2) is 53.4 Å². The van der Waals surface area contributed by atoms with Gasteiger partial charge in [0.15, 0.2) is 0 Å². The Hall–Kier alpha value is -1.45. The Balaban J connectivity index is 1.83. The minimum Gasteiger partial charge on any atom is -0.345 e. The second-order valence-electron chi connectivity index (χ2n) is 4.71. The number of carbonyl (C=O) groups excluding carboxylic acids is 1. The van der Waals surface area contributed by atoms with E-state index in [-0.39, 0.29) is 11.9 Å². The number of hydrogen-bond acceptors (Lipinski definition) is 2. The van der Waals surface area contributed by atoms with Crippen molar-refractivity contribution < 1.29 is 4.79 Å². The van der Waals surface area contributed by atoms with Crippen LogP contribution >= 0.6 is 23.4 Å². The third-order valence-corrected chi connectivity index (χ3v) is 4.71. The van der Waals surface area contributed by atoms with Gasteiger partial charge in [0.2, 0.25) is 0 Å². The van der Waals surface area contributed by atoms with Crippen molar-refractivity contribution in [3.63, 3.8) is 0 Å². The van der Waals surface area contributed by atoms with Gasteiger partial charge in [0.1, 0.15) is 0 Å². The van der Waals surface area contributed by atoms with E-state index in [1.165, 1.54) is 4.90 Å². The summed E-state index contributed by atoms with van der Waals surface area (Å²) in [6, 6.07) is 15.2. The highest BCUT2D eigenvalue weighted by molar-refractivity contribution is 7.99. The van der Waals surface area contributed by atoms with Gasteiger partial charge in [-0.15, -0.1) is 11.8 Å². The smallest absolute Gasteiger partial charge is 0.251 e. The molecule has 0 fully saturated rings. The van der Waals surface area contributed by atoms with Crippen LogP contribution in [0.4, 0.5) is 0 Å². The molecule has 1 aliphatic heterocycles. The van der Waals surface area contributed by atoms with Crippen molar-refractivity contribution in [2.24, 2.45) is 0 Å². The molecule has 3 rings (SSSR count). The van der Waals surface area contributed by atoms with E-state index in [0.29, 0.717) is 10.6 Å². The topological polar surface area (TPSA) is 29.1 Å².